The van der Waals surface area contributed by atoms with Crippen LogP contribution in [0.3, 0.4) is 0 Å². The van der Waals surface area contributed by atoms with E-state index in [9.17, 15) is 0 Å². The molecule has 2 aromatic rings. The summed E-state index contributed by atoms with van der Waals surface area (Å²) in [6.45, 7) is 1.58. The maximum absolute atomic E-state index is 9.14. The van der Waals surface area contributed by atoms with Crippen LogP contribution in [0.25, 0.3) is 5.52 Å². The van der Waals surface area contributed by atoms with Crippen molar-refractivity contribution < 1.29 is 4.74 Å². The van der Waals surface area contributed by atoms with E-state index in [1.165, 1.54) is 0 Å². The Morgan fingerprint density at radius 1 is 1.61 bits per heavy atom. The number of nitriles is 1. The van der Waals surface area contributed by atoms with Gasteiger partial charge in [-0.25, -0.2) is 4.52 Å². The number of hydrogen-bond donors (Lipinski definition) is 1. The van der Waals surface area contributed by atoms with Crippen molar-refractivity contribution in [2.45, 2.75) is 18.9 Å². The lowest BCUT2D eigenvalue weighted by atomic mass is 10.2. The van der Waals surface area contributed by atoms with Gasteiger partial charge in [-0.2, -0.15) is 10.4 Å². The molecule has 0 aromatic carbocycles. The largest absolute Gasteiger partial charge is 0.380 e. The minimum atomic E-state index is 0.250. The summed E-state index contributed by atoms with van der Waals surface area (Å²) in [7, 11) is 0. The number of hydrogen-bond acceptors (Lipinski definition) is 4. The highest BCUT2D eigenvalue weighted by molar-refractivity contribution is 5.77. The van der Waals surface area contributed by atoms with E-state index in [2.05, 4.69) is 16.5 Å². The molecule has 1 aliphatic rings. The zero-order valence-electron chi connectivity index (χ0n) is 9.97. The molecule has 0 aliphatic carbocycles. The molecule has 5 nitrogen and oxygen atoms in total. The fourth-order valence-electron chi connectivity index (χ4n) is 2.29. The molecule has 0 saturated carbocycles. The highest BCUT2D eigenvalue weighted by Gasteiger charge is 2.16. The molecule has 0 amide bonds. The van der Waals surface area contributed by atoms with Gasteiger partial charge in [0.25, 0.3) is 0 Å². The highest BCUT2D eigenvalue weighted by Crippen LogP contribution is 2.22. The molecule has 3 rings (SSSR count). The van der Waals surface area contributed by atoms with E-state index in [1.54, 1.807) is 10.7 Å². The Labute approximate surface area is 105 Å². The standard InChI is InChI=1S/C13H14N4O/c14-7-10-8-16-17-5-1-4-12(17)13(10)15-9-11-3-2-6-18-11/h1,4-5,8,11,15H,2-3,6,9H2. The minimum Gasteiger partial charge on any atom is -0.380 e. The first-order chi connectivity index (χ1) is 8.88. The number of nitrogens with one attached hydrogen (secondary N) is 1. The third-order valence-corrected chi connectivity index (χ3v) is 3.22. The summed E-state index contributed by atoms with van der Waals surface area (Å²) in [6.07, 6.45) is 5.91. The number of nitrogens with zero attached hydrogens (tertiary/aromatic N) is 3. The Hall–Kier alpha value is -2.06. The first-order valence-corrected chi connectivity index (χ1v) is 6.10. The van der Waals surface area contributed by atoms with Gasteiger partial charge in [-0.1, -0.05) is 0 Å². The van der Waals surface area contributed by atoms with Crippen molar-refractivity contribution in [3.05, 3.63) is 30.1 Å². The molecular formula is C13H14N4O. The number of aromatic nitrogens is 2. The third-order valence-electron chi connectivity index (χ3n) is 3.22. The van der Waals surface area contributed by atoms with Crippen molar-refractivity contribution in [2.75, 3.05) is 18.5 Å². The van der Waals surface area contributed by atoms with Gasteiger partial charge in [-0.15, -0.1) is 0 Å². The number of fused-ring (bicyclic) bond motifs is 1. The lowest BCUT2D eigenvalue weighted by Gasteiger charge is -2.13. The van der Waals surface area contributed by atoms with Crippen LogP contribution in [0.5, 0.6) is 0 Å². The van der Waals surface area contributed by atoms with Crippen LogP contribution < -0.4 is 5.32 Å². The van der Waals surface area contributed by atoms with Crippen molar-refractivity contribution >= 4 is 11.2 Å². The van der Waals surface area contributed by atoms with E-state index in [4.69, 9.17) is 10.00 Å². The Balaban J connectivity index is 1.88. The molecule has 5 heteroatoms. The molecule has 1 atom stereocenters. The first kappa shape index (κ1) is 11.1. The van der Waals surface area contributed by atoms with Crippen LogP contribution in [0.2, 0.25) is 0 Å². The smallest absolute Gasteiger partial charge is 0.103 e. The van der Waals surface area contributed by atoms with Gasteiger partial charge >= 0.3 is 0 Å². The molecule has 1 aliphatic heterocycles. The SMILES string of the molecule is N#Cc1cnn2cccc2c1NCC1CCCO1. The second-order valence-electron chi connectivity index (χ2n) is 4.40. The van der Waals surface area contributed by atoms with Crippen LogP contribution in [0, 0.1) is 11.3 Å². The van der Waals surface area contributed by atoms with E-state index in [0.717, 1.165) is 37.2 Å². The fraction of sp³-hybridized carbons (Fsp3) is 0.385. The minimum absolute atomic E-state index is 0.250. The monoisotopic (exact) mass is 242 g/mol. The number of anilines is 1. The zero-order chi connectivity index (χ0) is 12.4. The van der Waals surface area contributed by atoms with Gasteiger partial charge in [-0.05, 0) is 25.0 Å². The normalized spacial score (nSPS) is 18.9. The van der Waals surface area contributed by atoms with Gasteiger partial charge in [0.15, 0.2) is 0 Å². The molecule has 0 spiro atoms. The average molecular weight is 242 g/mol. The van der Waals surface area contributed by atoms with Crippen LogP contribution in [-0.4, -0.2) is 28.9 Å². The Morgan fingerprint density at radius 3 is 3.33 bits per heavy atom. The van der Waals surface area contributed by atoms with Gasteiger partial charge < -0.3 is 10.1 Å². The average Bonchev–Trinajstić information content (AvgIpc) is 3.06. The van der Waals surface area contributed by atoms with Crippen molar-refractivity contribution in [3.8, 4) is 6.07 Å². The fourth-order valence-corrected chi connectivity index (χ4v) is 2.29. The van der Waals surface area contributed by atoms with Gasteiger partial charge in [0.05, 0.1) is 29.1 Å². The van der Waals surface area contributed by atoms with E-state index in [1.807, 2.05) is 18.3 Å². The third kappa shape index (κ3) is 1.91. The van der Waals surface area contributed by atoms with Crippen molar-refractivity contribution in [1.82, 2.24) is 9.61 Å². The lowest BCUT2D eigenvalue weighted by molar-refractivity contribution is 0.120. The number of rotatable bonds is 3. The van der Waals surface area contributed by atoms with E-state index in [0.29, 0.717) is 5.56 Å². The van der Waals surface area contributed by atoms with Gasteiger partial charge in [0, 0.05) is 19.3 Å². The molecule has 18 heavy (non-hydrogen) atoms. The van der Waals surface area contributed by atoms with E-state index in [-0.39, 0.29) is 6.10 Å². The summed E-state index contributed by atoms with van der Waals surface area (Å²) in [5.74, 6) is 0. The van der Waals surface area contributed by atoms with Crippen molar-refractivity contribution in [3.63, 3.8) is 0 Å². The molecule has 1 unspecified atom stereocenters. The topological polar surface area (TPSA) is 62.4 Å². The Morgan fingerprint density at radius 2 is 2.56 bits per heavy atom. The second kappa shape index (κ2) is 4.67. The van der Waals surface area contributed by atoms with Gasteiger partial charge in [0.1, 0.15) is 6.07 Å². The van der Waals surface area contributed by atoms with Crippen LogP contribution in [0.1, 0.15) is 18.4 Å². The van der Waals surface area contributed by atoms with Crippen molar-refractivity contribution in [1.29, 1.82) is 5.26 Å². The summed E-state index contributed by atoms with van der Waals surface area (Å²) < 4.78 is 7.34. The van der Waals surface area contributed by atoms with E-state index < -0.39 is 0 Å². The number of ether oxygens (including phenoxy) is 1. The molecule has 3 heterocycles. The van der Waals surface area contributed by atoms with E-state index >= 15 is 0 Å². The summed E-state index contributed by atoms with van der Waals surface area (Å²) in [5, 5.41) is 16.6. The molecule has 92 valence electrons. The molecule has 1 saturated heterocycles. The van der Waals surface area contributed by atoms with Crippen molar-refractivity contribution in [2.24, 2.45) is 0 Å². The van der Waals surface area contributed by atoms with Crippen LogP contribution >= 0.6 is 0 Å². The quantitative estimate of drug-likeness (QED) is 0.891. The molecule has 1 N–H and O–H groups in total. The Bertz CT molecular complexity index is 593. The van der Waals surface area contributed by atoms with Gasteiger partial charge in [-0.3, -0.25) is 0 Å². The lowest BCUT2D eigenvalue weighted by Crippen LogP contribution is -2.19. The van der Waals surface area contributed by atoms with Gasteiger partial charge in [0.2, 0.25) is 0 Å². The molecule has 1 fully saturated rings. The first-order valence-electron chi connectivity index (χ1n) is 6.10. The second-order valence-corrected chi connectivity index (χ2v) is 4.40. The predicted octanol–water partition coefficient (Wildman–Crippen LogP) is 1.80. The van der Waals surface area contributed by atoms with Crippen LogP contribution in [-0.2, 0) is 4.74 Å². The van der Waals surface area contributed by atoms with Crippen LogP contribution in [0.15, 0.2) is 24.5 Å². The summed E-state index contributed by atoms with van der Waals surface area (Å²) in [6, 6.07) is 6.04. The predicted molar refractivity (Wildman–Crippen MR) is 67.4 cm³/mol. The molecule has 0 radical (unpaired) electrons. The molecule has 2 aromatic heterocycles. The zero-order valence-corrected chi connectivity index (χ0v) is 9.97. The highest BCUT2D eigenvalue weighted by atomic mass is 16.5. The molecular weight excluding hydrogens is 228 g/mol. The Kier molecular flexibility index (Phi) is 2.87. The maximum atomic E-state index is 9.14. The van der Waals surface area contributed by atoms with Crippen LogP contribution in [0.4, 0.5) is 5.69 Å². The summed E-state index contributed by atoms with van der Waals surface area (Å²) in [5.41, 5.74) is 2.33. The molecule has 0 bridgehead atoms. The summed E-state index contributed by atoms with van der Waals surface area (Å²) >= 11 is 0. The summed E-state index contributed by atoms with van der Waals surface area (Å²) in [4.78, 5) is 0. The maximum Gasteiger partial charge on any atom is 0.103 e.